The maximum Gasteiger partial charge on any atom is 0.185 e. The van der Waals surface area contributed by atoms with Crippen LogP contribution < -0.4 is 10.6 Å². The van der Waals surface area contributed by atoms with Gasteiger partial charge in [0.15, 0.2) is 11.0 Å². The number of oxime groups is 1. The van der Waals surface area contributed by atoms with Gasteiger partial charge in [0.25, 0.3) is 0 Å². The fourth-order valence-corrected chi connectivity index (χ4v) is 2.70. The van der Waals surface area contributed by atoms with Gasteiger partial charge in [-0.25, -0.2) is 4.98 Å². The first-order valence-corrected chi connectivity index (χ1v) is 6.43. The van der Waals surface area contributed by atoms with Crippen LogP contribution in [0.4, 0.5) is 5.13 Å². The summed E-state index contributed by atoms with van der Waals surface area (Å²) in [6, 6.07) is 0. The summed E-state index contributed by atoms with van der Waals surface area (Å²) in [7, 11) is 0. The Morgan fingerprint density at radius 3 is 2.76 bits per heavy atom. The summed E-state index contributed by atoms with van der Waals surface area (Å²) in [4.78, 5) is 8.92. The molecule has 1 aromatic heterocycles. The second-order valence-corrected chi connectivity index (χ2v) is 4.96. The standard InChI is InChI=1S/C10H17N5OS/c1-8-7-17-10(12-8)15-4-2-14(3-5-15)6-9(11)13-16/h7,16H,2-6H2,1H3,(H2,11,13). The van der Waals surface area contributed by atoms with Crippen LogP contribution in [0.5, 0.6) is 0 Å². The van der Waals surface area contributed by atoms with E-state index in [1.165, 1.54) is 0 Å². The molecule has 0 aliphatic carbocycles. The summed E-state index contributed by atoms with van der Waals surface area (Å²) < 4.78 is 0. The van der Waals surface area contributed by atoms with Crippen LogP contribution in [0.25, 0.3) is 0 Å². The van der Waals surface area contributed by atoms with E-state index in [9.17, 15) is 0 Å². The van der Waals surface area contributed by atoms with E-state index in [0.717, 1.165) is 37.0 Å². The molecule has 1 fully saturated rings. The molecule has 0 radical (unpaired) electrons. The third kappa shape index (κ3) is 3.07. The fourth-order valence-electron chi connectivity index (χ4n) is 1.84. The molecule has 0 aromatic carbocycles. The zero-order valence-corrected chi connectivity index (χ0v) is 10.7. The summed E-state index contributed by atoms with van der Waals surface area (Å²) in [5.41, 5.74) is 6.56. The molecule has 94 valence electrons. The van der Waals surface area contributed by atoms with Crippen LogP contribution in [-0.4, -0.2) is 53.7 Å². The molecule has 7 heteroatoms. The number of aromatic nitrogens is 1. The zero-order valence-electron chi connectivity index (χ0n) is 9.83. The lowest BCUT2D eigenvalue weighted by atomic mass is 10.3. The average Bonchev–Trinajstić information content (AvgIpc) is 2.77. The highest BCUT2D eigenvalue weighted by Crippen LogP contribution is 2.21. The van der Waals surface area contributed by atoms with E-state index in [-0.39, 0.29) is 5.84 Å². The first-order valence-electron chi connectivity index (χ1n) is 5.55. The first-order chi connectivity index (χ1) is 8.19. The topological polar surface area (TPSA) is 78.0 Å². The molecule has 1 aromatic rings. The Bertz CT molecular complexity index is 397. The molecule has 0 spiro atoms. The number of thiazole rings is 1. The summed E-state index contributed by atoms with van der Waals surface area (Å²) >= 11 is 1.68. The predicted molar refractivity (Wildman–Crippen MR) is 68.9 cm³/mol. The van der Waals surface area contributed by atoms with E-state index in [2.05, 4.69) is 25.3 Å². The summed E-state index contributed by atoms with van der Waals surface area (Å²) in [6.07, 6.45) is 0. The Morgan fingerprint density at radius 2 is 2.24 bits per heavy atom. The smallest absolute Gasteiger partial charge is 0.185 e. The SMILES string of the molecule is Cc1csc(N2CCN(CC(N)=NO)CC2)n1. The van der Waals surface area contributed by atoms with Gasteiger partial charge < -0.3 is 15.8 Å². The number of nitrogens with zero attached hydrogens (tertiary/aromatic N) is 4. The highest BCUT2D eigenvalue weighted by atomic mass is 32.1. The van der Waals surface area contributed by atoms with Crippen molar-refractivity contribution in [2.75, 3.05) is 37.6 Å². The molecule has 3 N–H and O–H groups in total. The van der Waals surface area contributed by atoms with E-state index in [1.54, 1.807) is 11.3 Å². The minimum Gasteiger partial charge on any atom is -0.409 e. The summed E-state index contributed by atoms with van der Waals surface area (Å²) in [5, 5.41) is 14.7. The Hall–Kier alpha value is -1.34. The van der Waals surface area contributed by atoms with E-state index in [1.807, 2.05) is 6.92 Å². The quantitative estimate of drug-likeness (QED) is 0.352. The van der Waals surface area contributed by atoms with Gasteiger partial charge in [0.05, 0.1) is 12.2 Å². The third-order valence-electron chi connectivity index (χ3n) is 2.76. The number of hydrogen-bond acceptors (Lipinski definition) is 6. The van der Waals surface area contributed by atoms with Crippen molar-refractivity contribution in [3.05, 3.63) is 11.1 Å². The zero-order chi connectivity index (χ0) is 12.3. The third-order valence-corrected chi connectivity index (χ3v) is 3.78. The Morgan fingerprint density at radius 1 is 1.53 bits per heavy atom. The number of piperazine rings is 1. The molecule has 2 heterocycles. The van der Waals surface area contributed by atoms with E-state index >= 15 is 0 Å². The van der Waals surface area contributed by atoms with Gasteiger partial charge in [0.2, 0.25) is 0 Å². The van der Waals surface area contributed by atoms with Crippen LogP contribution in [-0.2, 0) is 0 Å². The van der Waals surface area contributed by atoms with E-state index in [0.29, 0.717) is 6.54 Å². The normalized spacial score (nSPS) is 18.6. The molecule has 0 amide bonds. The van der Waals surface area contributed by atoms with Gasteiger partial charge >= 0.3 is 0 Å². The van der Waals surface area contributed by atoms with Crippen molar-refractivity contribution in [1.29, 1.82) is 0 Å². The van der Waals surface area contributed by atoms with Crippen molar-refractivity contribution in [2.24, 2.45) is 10.9 Å². The van der Waals surface area contributed by atoms with Crippen LogP contribution in [0.1, 0.15) is 5.69 Å². The van der Waals surface area contributed by atoms with Crippen LogP contribution in [0.2, 0.25) is 0 Å². The number of rotatable bonds is 3. The molecular formula is C10H17N5OS. The van der Waals surface area contributed by atoms with Gasteiger partial charge in [-0.05, 0) is 6.92 Å². The van der Waals surface area contributed by atoms with Crippen LogP contribution >= 0.6 is 11.3 Å². The van der Waals surface area contributed by atoms with Crippen molar-refractivity contribution < 1.29 is 5.21 Å². The van der Waals surface area contributed by atoms with Gasteiger partial charge in [-0.1, -0.05) is 5.16 Å². The highest BCUT2D eigenvalue weighted by molar-refractivity contribution is 7.13. The van der Waals surface area contributed by atoms with Crippen LogP contribution in [0, 0.1) is 6.92 Å². The van der Waals surface area contributed by atoms with Crippen molar-refractivity contribution in [2.45, 2.75) is 6.92 Å². The molecule has 1 aliphatic heterocycles. The van der Waals surface area contributed by atoms with Crippen LogP contribution in [0.3, 0.4) is 0 Å². The van der Waals surface area contributed by atoms with Gasteiger partial charge in [-0.3, -0.25) is 4.90 Å². The number of amidine groups is 1. The van der Waals surface area contributed by atoms with Crippen molar-refractivity contribution in [1.82, 2.24) is 9.88 Å². The van der Waals surface area contributed by atoms with E-state index in [4.69, 9.17) is 10.9 Å². The minimum atomic E-state index is 0.267. The minimum absolute atomic E-state index is 0.267. The Labute approximate surface area is 104 Å². The van der Waals surface area contributed by atoms with Gasteiger partial charge in [-0.2, -0.15) is 0 Å². The maximum absolute atomic E-state index is 8.52. The molecule has 17 heavy (non-hydrogen) atoms. The molecule has 0 atom stereocenters. The Kier molecular flexibility index (Phi) is 3.80. The lowest BCUT2D eigenvalue weighted by molar-refractivity contribution is 0.278. The highest BCUT2D eigenvalue weighted by Gasteiger charge is 2.19. The number of hydrogen-bond donors (Lipinski definition) is 2. The predicted octanol–water partition coefficient (Wildman–Crippen LogP) is 0.320. The molecular weight excluding hydrogens is 238 g/mol. The molecule has 1 aliphatic rings. The molecule has 2 rings (SSSR count). The van der Waals surface area contributed by atoms with Gasteiger partial charge in [0.1, 0.15) is 0 Å². The second kappa shape index (κ2) is 5.33. The second-order valence-electron chi connectivity index (χ2n) is 4.13. The first kappa shape index (κ1) is 12.1. The van der Waals surface area contributed by atoms with E-state index < -0.39 is 0 Å². The van der Waals surface area contributed by atoms with Crippen molar-refractivity contribution in [3.63, 3.8) is 0 Å². The summed E-state index contributed by atoms with van der Waals surface area (Å²) in [6.45, 7) is 6.23. The van der Waals surface area contributed by atoms with Crippen LogP contribution in [0.15, 0.2) is 10.5 Å². The molecule has 0 saturated carbocycles. The number of nitrogens with two attached hydrogens (primary N) is 1. The molecule has 6 nitrogen and oxygen atoms in total. The average molecular weight is 255 g/mol. The van der Waals surface area contributed by atoms with Gasteiger partial charge in [0, 0.05) is 31.6 Å². The molecule has 0 bridgehead atoms. The number of anilines is 1. The molecule has 0 unspecified atom stereocenters. The monoisotopic (exact) mass is 255 g/mol. The molecule has 1 saturated heterocycles. The van der Waals surface area contributed by atoms with Crippen molar-refractivity contribution >= 4 is 22.3 Å². The van der Waals surface area contributed by atoms with Gasteiger partial charge in [-0.15, -0.1) is 11.3 Å². The fraction of sp³-hybridized carbons (Fsp3) is 0.600. The number of aryl methyl sites for hydroxylation is 1. The lowest BCUT2D eigenvalue weighted by Crippen LogP contribution is -2.48. The van der Waals surface area contributed by atoms with Crippen molar-refractivity contribution in [3.8, 4) is 0 Å². The lowest BCUT2D eigenvalue weighted by Gasteiger charge is -2.34. The Balaban J connectivity index is 1.86. The maximum atomic E-state index is 8.52. The largest absolute Gasteiger partial charge is 0.409 e. The summed E-state index contributed by atoms with van der Waals surface area (Å²) in [5.74, 6) is 0.267.